The number of nitrogens with zero attached hydrogens (tertiary/aromatic N) is 2. The topological polar surface area (TPSA) is 25.8 Å². The van der Waals surface area contributed by atoms with Gasteiger partial charge in [0, 0.05) is 6.42 Å². The first kappa shape index (κ1) is 11.0. The fraction of sp³-hybridized carbons (Fsp3) is 0.0909. The fourth-order valence-corrected chi connectivity index (χ4v) is 1.40. The molecule has 0 N–H and O–H groups in total. The van der Waals surface area contributed by atoms with Crippen molar-refractivity contribution < 1.29 is 8.78 Å². The predicted octanol–water partition coefficient (Wildman–Crippen LogP) is 3.00. The summed E-state index contributed by atoms with van der Waals surface area (Å²) in [5.74, 6) is -0.552. The van der Waals surface area contributed by atoms with Crippen molar-refractivity contribution in [2.75, 3.05) is 0 Å². The smallest absolute Gasteiger partial charge is 0.178 e. The summed E-state index contributed by atoms with van der Waals surface area (Å²) in [6.45, 7) is 0. The molecular formula is C11H7ClF2N2. The van der Waals surface area contributed by atoms with Crippen molar-refractivity contribution in [3.8, 4) is 0 Å². The van der Waals surface area contributed by atoms with Crippen LogP contribution in [0.2, 0.25) is 5.15 Å². The van der Waals surface area contributed by atoms with Crippen LogP contribution >= 0.6 is 11.6 Å². The minimum Gasteiger partial charge on any atom is -0.238 e. The van der Waals surface area contributed by atoms with Crippen LogP contribution in [0.3, 0.4) is 0 Å². The van der Waals surface area contributed by atoms with Crippen molar-refractivity contribution in [2.24, 2.45) is 0 Å². The Balaban J connectivity index is 2.20. The Labute approximate surface area is 95.9 Å². The zero-order chi connectivity index (χ0) is 11.5. The summed E-state index contributed by atoms with van der Waals surface area (Å²) in [5, 5.41) is -0.202. The first-order valence-electron chi connectivity index (χ1n) is 4.56. The third-order valence-electron chi connectivity index (χ3n) is 2.03. The minimum atomic E-state index is -0.649. The fourth-order valence-electron chi connectivity index (χ4n) is 1.25. The van der Waals surface area contributed by atoms with E-state index in [1.165, 1.54) is 12.1 Å². The third-order valence-corrected chi connectivity index (χ3v) is 2.29. The van der Waals surface area contributed by atoms with E-state index in [1.807, 2.05) is 0 Å². The highest BCUT2D eigenvalue weighted by molar-refractivity contribution is 6.29. The van der Waals surface area contributed by atoms with Crippen molar-refractivity contribution in [3.63, 3.8) is 0 Å². The van der Waals surface area contributed by atoms with Gasteiger partial charge in [-0.05, 0) is 17.7 Å². The highest BCUT2D eigenvalue weighted by atomic mass is 35.5. The van der Waals surface area contributed by atoms with E-state index < -0.39 is 5.82 Å². The molecule has 0 aliphatic rings. The molecule has 0 fully saturated rings. The SMILES string of the molecule is Fc1ccc(Cc2ncc(F)c(Cl)n2)cc1. The van der Waals surface area contributed by atoms with E-state index in [0.29, 0.717) is 12.2 Å². The van der Waals surface area contributed by atoms with Crippen LogP contribution in [-0.4, -0.2) is 9.97 Å². The van der Waals surface area contributed by atoms with Crippen LogP contribution in [0.1, 0.15) is 11.4 Å². The Morgan fingerprint density at radius 1 is 1.12 bits per heavy atom. The molecule has 5 heteroatoms. The standard InChI is InChI=1S/C11H7ClF2N2/c12-11-9(14)6-15-10(16-11)5-7-1-3-8(13)4-2-7/h1-4,6H,5H2. The van der Waals surface area contributed by atoms with Gasteiger partial charge in [-0.25, -0.2) is 18.7 Å². The molecule has 2 nitrogen and oxygen atoms in total. The number of rotatable bonds is 2. The molecule has 0 atom stereocenters. The lowest BCUT2D eigenvalue weighted by Gasteiger charge is -2.01. The zero-order valence-corrected chi connectivity index (χ0v) is 8.88. The van der Waals surface area contributed by atoms with Gasteiger partial charge < -0.3 is 0 Å². The monoisotopic (exact) mass is 240 g/mol. The maximum absolute atomic E-state index is 12.8. The zero-order valence-electron chi connectivity index (χ0n) is 8.12. The number of aromatic nitrogens is 2. The molecule has 16 heavy (non-hydrogen) atoms. The van der Waals surface area contributed by atoms with Crippen LogP contribution < -0.4 is 0 Å². The van der Waals surface area contributed by atoms with Gasteiger partial charge >= 0.3 is 0 Å². The van der Waals surface area contributed by atoms with Crippen LogP contribution in [0.25, 0.3) is 0 Å². The van der Waals surface area contributed by atoms with E-state index in [2.05, 4.69) is 9.97 Å². The molecular weight excluding hydrogens is 234 g/mol. The predicted molar refractivity (Wildman–Crippen MR) is 56.2 cm³/mol. The highest BCUT2D eigenvalue weighted by Crippen LogP contribution is 2.12. The van der Waals surface area contributed by atoms with E-state index in [4.69, 9.17) is 11.6 Å². The summed E-state index contributed by atoms with van der Waals surface area (Å²) in [7, 11) is 0. The molecule has 0 aliphatic heterocycles. The first-order valence-corrected chi connectivity index (χ1v) is 4.94. The van der Waals surface area contributed by atoms with Gasteiger partial charge in [0.2, 0.25) is 0 Å². The van der Waals surface area contributed by atoms with E-state index in [0.717, 1.165) is 11.8 Å². The number of hydrogen-bond donors (Lipinski definition) is 0. The summed E-state index contributed by atoms with van der Waals surface area (Å²) in [6, 6.07) is 5.94. The summed E-state index contributed by atoms with van der Waals surface area (Å²) in [4.78, 5) is 7.57. The van der Waals surface area contributed by atoms with Crippen molar-refractivity contribution >= 4 is 11.6 Å². The summed E-state index contributed by atoms with van der Waals surface area (Å²) in [6.07, 6.45) is 1.41. The van der Waals surface area contributed by atoms with E-state index in [1.54, 1.807) is 12.1 Å². The van der Waals surface area contributed by atoms with Crippen molar-refractivity contribution in [3.05, 3.63) is 58.6 Å². The molecule has 0 saturated heterocycles. The van der Waals surface area contributed by atoms with Crippen molar-refractivity contribution in [1.29, 1.82) is 0 Å². The molecule has 0 unspecified atom stereocenters. The average Bonchev–Trinajstić information content (AvgIpc) is 2.27. The van der Waals surface area contributed by atoms with E-state index in [9.17, 15) is 8.78 Å². The Morgan fingerprint density at radius 3 is 2.44 bits per heavy atom. The van der Waals surface area contributed by atoms with Gasteiger partial charge in [-0.2, -0.15) is 0 Å². The van der Waals surface area contributed by atoms with Crippen molar-refractivity contribution in [2.45, 2.75) is 6.42 Å². The van der Waals surface area contributed by atoms with Gasteiger partial charge in [0.05, 0.1) is 6.20 Å². The first-order chi connectivity index (χ1) is 7.65. The van der Waals surface area contributed by atoms with Crippen LogP contribution in [0.4, 0.5) is 8.78 Å². The van der Waals surface area contributed by atoms with Gasteiger partial charge in [-0.1, -0.05) is 23.7 Å². The number of halogens is 3. The van der Waals surface area contributed by atoms with Crippen LogP contribution in [-0.2, 0) is 6.42 Å². The molecule has 0 amide bonds. The molecule has 1 aromatic heterocycles. The Bertz CT molecular complexity index is 500. The highest BCUT2D eigenvalue weighted by Gasteiger charge is 2.05. The Hall–Kier alpha value is -1.55. The minimum absolute atomic E-state index is 0.202. The molecule has 2 aromatic rings. The summed E-state index contributed by atoms with van der Waals surface area (Å²) < 4.78 is 25.4. The molecule has 0 aliphatic carbocycles. The van der Waals surface area contributed by atoms with Gasteiger partial charge in [-0.3, -0.25) is 0 Å². The van der Waals surface area contributed by atoms with E-state index >= 15 is 0 Å². The van der Waals surface area contributed by atoms with Crippen molar-refractivity contribution in [1.82, 2.24) is 9.97 Å². The quantitative estimate of drug-likeness (QED) is 0.754. The summed E-state index contributed by atoms with van der Waals surface area (Å²) in [5.41, 5.74) is 0.837. The largest absolute Gasteiger partial charge is 0.238 e. The molecule has 0 radical (unpaired) electrons. The lowest BCUT2D eigenvalue weighted by atomic mass is 10.1. The maximum atomic E-state index is 12.8. The lowest BCUT2D eigenvalue weighted by Crippen LogP contribution is -1.98. The molecule has 2 rings (SSSR count). The third kappa shape index (κ3) is 2.52. The Kier molecular flexibility index (Phi) is 3.10. The van der Waals surface area contributed by atoms with E-state index in [-0.39, 0.29) is 11.0 Å². The second kappa shape index (κ2) is 4.53. The normalized spacial score (nSPS) is 10.4. The molecule has 0 saturated carbocycles. The van der Waals surface area contributed by atoms with Gasteiger partial charge in [0.1, 0.15) is 11.6 Å². The average molecular weight is 241 g/mol. The molecule has 1 aromatic carbocycles. The van der Waals surface area contributed by atoms with Gasteiger partial charge in [0.25, 0.3) is 0 Å². The Morgan fingerprint density at radius 2 is 1.81 bits per heavy atom. The molecule has 82 valence electrons. The maximum Gasteiger partial charge on any atom is 0.178 e. The number of hydrogen-bond acceptors (Lipinski definition) is 2. The van der Waals surface area contributed by atoms with Crippen LogP contribution in [0.5, 0.6) is 0 Å². The second-order valence-corrected chi connectivity index (χ2v) is 3.59. The van der Waals surface area contributed by atoms with Gasteiger partial charge in [-0.15, -0.1) is 0 Å². The van der Waals surface area contributed by atoms with Gasteiger partial charge in [0.15, 0.2) is 11.0 Å². The number of benzene rings is 1. The second-order valence-electron chi connectivity index (χ2n) is 3.23. The lowest BCUT2D eigenvalue weighted by molar-refractivity contribution is 0.610. The van der Waals surface area contributed by atoms with Crippen LogP contribution in [0.15, 0.2) is 30.5 Å². The molecule has 0 spiro atoms. The molecule has 1 heterocycles. The van der Waals surface area contributed by atoms with Crippen LogP contribution in [0, 0.1) is 11.6 Å². The molecule has 0 bridgehead atoms. The summed E-state index contributed by atoms with van der Waals surface area (Å²) >= 11 is 5.52.